The van der Waals surface area contributed by atoms with Crippen LogP contribution in [0.2, 0.25) is 0 Å². The fraction of sp³-hybridized carbons (Fsp3) is 0.636. The molecule has 1 amide bonds. The molecule has 0 aliphatic carbocycles. The Bertz CT molecular complexity index is 709. The van der Waals surface area contributed by atoms with Gasteiger partial charge in [0.1, 0.15) is 11.4 Å². The van der Waals surface area contributed by atoms with Crippen LogP contribution in [0.15, 0.2) is 29.3 Å². The molecule has 0 aromatic heterocycles. The van der Waals surface area contributed by atoms with Gasteiger partial charge >= 0.3 is 6.09 Å². The Morgan fingerprint density at radius 3 is 2.74 bits per heavy atom. The predicted octanol–water partition coefficient (Wildman–Crippen LogP) is 3.39. The second kappa shape index (κ2) is 13.6. The third-order valence-corrected chi connectivity index (χ3v) is 4.53. The van der Waals surface area contributed by atoms with Crippen LogP contribution in [0.25, 0.3) is 0 Å². The molecule has 0 radical (unpaired) electrons. The van der Waals surface area contributed by atoms with Crippen molar-refractivity contribution in [2.45, 2.75) is 51.8 Å². The lowest BCUT2D eigenvalue weighted by Gasteiger charge is -2.23. The van der Waals surface area contributed by atoms with E-state index >= 15 is 0 Å². The number of rotatable bonds is 8. The number of halogens is 1. The molecular formula is C22H37IN4O4. The molecule has 2 N–H and O–H groups in total. The highest BCUT2D eigenvalue weighted by atomic mass is 127. The summed E-state index contributed by atoms with van der Waals surface area (Å²) in [6.07, 6.45) is 1.34. The van der Waals surface area contributed by atoms with E-state index in [1.807, 2.05) is 39.0 Å². The molecule has 1 heterocycles. The second-order valence-corrected chi connectivity index (χ2v) is 8.32. The molecule has 2 rings (SSSR count). The fourth-order valence-electron chi connectivity index (χ4n) is 3.20. The van der Waals surface area contributed by atoms with E-state index < -0.39 is 5.60 Å². The number of hydrogen-bond donors (Lipinski definition) is 2. The Morgan fingerprint density at radius 2 is 2.06 bits per heavy atom. The summed E-state index contributed by atoms with van der Waals surface area (Å²) in [6.45, 7) is 9.06. The minimum Gasteiger partial charge on any atom is -0.493 e. The van der Waals surface area contributed by atoms with E-state index in [2.05, 4.69) is 26.6 Å². The topological polar surface area (TPSA) is 84.4 Å². The highest BCUT2D eigenvalue weighted by Crippen LogP contribution is 2.15. The molecule has 176 valence electrons. The van der Waals surface area contributed by atoms with Crippen LogP contribution in [0.3, 0.4) is 0 Å². The van der Waals surface area contributed by atoms with Crippen LogP contribution in [0.5, 0.6) is 5.75 Å². The number of nitrogens with zero attached hydrogens (tertiary/aromatic N) is 2. The number of aliphatic imine (C=N–C) groups is 1. The average Bonchev–Trinajstić information content (AvgIpc) is 3.12. The molecule has 1 fully saturated rings. The van der Waals surface area contributed by atoms with Crippen molar-refractivity contribution in [3.8, 4) is 5.75 Å². The fourth-order valence-corrected chi connectivity index (χ4v) is 3.20. The number of guanidine groups is 1. The summed E-state index contributed by atoms with van der Waals surface area (Å²) in [6, 6.07) is 8.08. The minimum atomic E-state index is -0.498. The van der Waals surface area contributed by atoms with Crippen LogP contribution in [-0.2, 0) is 16.0 Å². The largest absolute Gasteiger partial charge is 0.493 e. The molecule has 1 aromatic carbocycles. The Hall–Kier alpha value is -1.75. The van der Waals surface area contributed by atoms with Gasteiger partial charge in [-0.05, 0) is 44.9 Å². The first-order valence-corrected chi connectivity index (χ1v) is 10.5. The number of methoxy groups -OCH3 is 1. The van der Waals surface area contributed by atoms with E-state index in [0.29, 0.717) is 26.3 Å². The number of alkyl carbamates (subject to hydrolysis) is 1. The van der Waals surface area contributed by atoms with E-state index in [4.69, 9.17) is 14.2 Å². The van der Waals surface area contributed by atoms with E-state index in [0.717, 1.165) is 36.7 Å². The van der Waals surface area contributed by atoms with Gasteiger partial charge in [0.25, 0.3) is 0 Å². The SMILES string of the molecule is CN=C(NCc1cccc(OCCCOC)c1)N1CC[C@@H](NC(=O)OC(C)(C)C)C1.I. The van der Waals surface area contributed by atoms with Crippen molar-refractivity contribution in [2.24, 2.45) is 4.99 Å². The van der Waals surface area contributed by atoms with Crippen molar-refractivity contribution >= 4 is 36.0 Å². The zero-order valence-corrected chi connectivity index (χ0v) is 21.6. The normalized spacial score (nSPS) is 16.5. The van der Waals surface area contributed by atoms with Gasteiger partial charge in [-0.3, -0.25) is 4.99 Å². The maximum atomic E-state index is 12.0. The second-order valence-electron chi connectivity index (χ2n) is 8.32. The molecule has 0 spiro atoms. The van der Waals surface area contributed by atoms with E-state index in [1.165, 1.54) is 0 Å². The Morgan fingerprint density at radius 1 is 1.29 bits per heavy atom. The van der Waals surface area contributed by atoms with Crippen molar-refractivity contribution in [3.63, 3.8) is 0 Å². The van der Waals surface area contributed by atoms with Crippen LogP contribution in [0, 0.1) is 0 Å². The van der Waals surface area contributed by atoms with Crippen molar-refractivity contribution in [2.75, 3.05) is 40.5 Å². The van der Waals surface area contributed by atoms with Gasteiger partial charge in [0.15, 0.2) is 5.96 Å². The van der Waals surface area contributed by atoms with Gasteiger partial charge in [0.2, 0.25) is 0 Å². The summed E-state index contributed by atoms with van der Waals surface area (Å²) >= 11 is 0. The van der Waals surface area contributed by atoms with Crippen LogP contribution in [0.4, 0.5) is 4.79 Å². The third kappa shape index (κ3) is 10.4. The smallest absolute Gasteiger partial charge is 0.407 e. The monoisotopic (exact) mass is 548 g/mol. The molecule has 8 nitrogen and oxygen atoms in total. The number of benzene rings is 1. The van der Waals surface area contributed by atoms with Gasteiger partial charge in [-0.25, -0.2) is 4.79 Å². The summed E-state index contributed by atoms with van der Waals surface area (Å²) in [4.78, 5) is 18.5. The number of amides is 1. The van der Waals surface area contributed by atoms with Gasteiger partial charge in [-0.15, -0.1) is 24.0 Å². The molecule has 1 atom stereocenters. The number of hydrogen-bond acceptors (Lipinski definition) is 5. The van der Waals surface area contributed by atoms with Gasteiger partial charge in [0.05, 0.1) is 12.6 Å². The van der Waals surface area contributed by atoms with Crippen molar-refractivity contribution in [1.29, 1.82) is 0 Å². The predicted molar refractivity (Wildman–Crippen MR) is 133 cm³/mol. The lowest BCUT2D eigenvalue weighted by atomic mass is 10.2. The van der Waals surface area contributed by atoms with Gasteiger partial charge in [0, 0.05) is 46.8 Å². The number of likely N-dealkylation sites (tertiary alicyclic amines) is 1. The summed E-state index contributed by atoms with van der Waals surface area (Å²) in [5.41, 5.74) is 0.616. The zero-order chi connectivity index (χ0) is 22.0. The number of carbonyl (C=O) groups excluding carboxylic acids is 1. The molecule has 0 bridgehead atoms. The highest BCUT2D eigenvalue weighted by Gasteiger charge is 2.27. The summed E-state index contributed by atoms with van der Waals surface area (Å²) < 4.78 is 16.2. The average molecular weight is 548 g/mol. The summed E-state index contributed by atoms with van der Waals surface area (Å²) in [5, 5.41) is 6.34. The van der Waals surface area contributed by atoms with Crippen LogP contribution >= 0.6 is 24.0 Å². The first-order chi connectivity index (χ1) is 14.3. The molecule has 0 unspecified atom stereocenters. The molecule has 1 aliphatic rings. The molecule has 1 saturated heterocycles. The minimum absolute atomic E-state index is 0. The van der Waals surface area contributed by atoms with Gasteiger partial charge in [-0.2, -0.15) is 0 Å². The Balaban J connectivity index is 0.00000480. The molecule has 31 heavy (non-hydrogen) atoms. The Labute approximate surface area is 203 Å². The van der Waals surface area contributed by atoms with Crippen LogP contribution in [-0.4, -0.2) is 69.1 Å². The summed E-state index contributed by atoms with van der Waals surface area (Å²) in [7, 11) is 3.46. The molecule has 9 heteroatoms. The number of ether oxygens (including phenoxy) is 3. The standard InChI is InChI=1S/C22H36N4O4.HI/c1-22(2,3)30-21(27)25-18-10-11-26(16-18)20(23-4)24-15-17-8-6-9-19(14-17)29-13-7-12-28-5;/h6,8-9,14,18H,7,10-13,15-16H2,1-5H3,(H,23,24)(H,25,27);1H/t18-;/m1./s1. The first kappa shape index (κ1) is 27.3. The Kier molecular flexibility index (Phi) is 12.0. The number of carbonyl (C=O) groups is 1. The van der Waals surface area contributed by atoms with Gasteiger partial charge in [-0.1, -0.05) is 12.1 Å². The van der Waals surface area contributed by atoms with Crippen molar-refractivity contribution in [3.05, 3.63) is 29.8 Å². The lowest BCUT2D eigenvalue weighted by Crippen LogP contribution is -2.44. The van der Waals surface area contributed by atoms with E-state index in [9.17, 15) is 4.79 Å². The van der Waals surface area contributed by atoms with Crippen molar-refractivity contribution in [1.82, 2.24) is 15.5 Å². The molecule has 1 aliphatic heterocycles. The highest BCUT2D eigenvalue weighted by molar-refractivity contribution is 14.0. The van der Waals surface area contributed by atoms with Gasteiger partial charge < -0.3 is 29.7 Å². The molecule has 1 aromatic rings. The maximum Gasteiger partial charge on any atom is 0.407 e. The lowest BCUT2D eigenvalue weighted by molar-refractivity contribution is 0.0507. The third-order valence-electron chi connectivity index (χ3n) is 4.53. The van der Waals surface area contributed by atoms with Crippen molar-refractivity contribution < 1.29 is 19.0 Å². The quantitative estimate of drug-likeness (QED) is 0.224. The van der Waals surface area contributed by atoms with Crippen LogP contribution in [0.1, 0.15) is 39.2 Å². The van der Waals surface area contributed by atoms with E-state index in [1.54, 1.807) is 14.2 Å². The molecular weight excluding hydrogens is 511 g/mol. The summed E-state index contributed by atoms with van der Waals surface area (Å²) in [5.74, 6) is 1.66. The first-order valence-electron chi connectivity index (χ1n) is 10.5. The maximum absolute atomic E-state index is 12.0. The van der Waals surface area contributed by atoms with E-state index in [-0.39, 0.29) is 36.1 Å². The van der Waals surface area contributed by atoms with Crippen LogP contribution < -0.4 is 15.4 Å². The molecule has 0 saturated carbocycles. The zero-order valence-electron chi connectivity index (χ0n) is 19.3. The number of nitrogens with one attached hydrogen (secondary N) is 2.